The molecule has 0 spiro atoms. The molecule has 0 radical (unpaired) electrons. The highest BCUT2D eigenvalue weighted by atomic mass is 32.1. The van der Waals surface area contributed by atoms with E-state index in [-0.39, 0.29) is 17.3 Å². The zero-order valence-electron chi connectivity index (χ0n) is 17.4. The predicted molar refractivity (Wildman–Crippen MR) is 116 cm³/mol. The van der Waals surface area contributed by atoms with Gasteiger partial charge in [0.15, 0.2) is 10.9 Å². The van der Waals surface area contributed by atoms with Gasteiger partial charge >= 0.3 is 6.18 Å². The molecule has 3 aromatic heterocycles. The molecule has 170 valence electrons. The highest BCUT2D eigenvalue weighted by molar-refractivity contribution is 7.14. The molecule has 0 atom stereocenters. The molecule has 1 amide bonds. The van der Waals surface area contributed by atoms with Crippen LogP contribution in [0.15, 0.2) is 54.2 Å². The number of alkyl halides is 3. The summed E-state index contributed by atoms with van der Waals surface area (Å²) in [5.74, 6) is -0.890. The molecule has 0 aliphatic rings. The number of hydrogen-bond donors (Lipinski definition) is 1. The van der Waals surface area contributed by atoms with Gasteiger partial charge in [0.1, 0.15) is 5.82 Å². The van der Waals surface area contributed by atoms with Crippen LogP contribution < -0.4 is 5.32 Å². The Morgan fingerprint density at radius 3 is 2.58 bits per heavy atom. The fourth-order valence-electron chi connectivity index (χ4n) is 3.23. The number of halogens is 4. The largest absolute Gasteiger partial charge is 0.417 e. The number of nitrogens with one attached hydrogen (secondary N) is 1. The van der Waals surface area contributed by atoms with Crippen LogP contribution in [-0.2, 0) is 6.18 Å². The van der Waals surface area contributed by atoms with Crippen LogP contribution in [0.4, 0.5) is 22.7 Å². The molecule has 1 N–H and O–H groups in total. The van der Waals surface area contributed by atoms with Crippen molar-refractivity contribution in [1.82, 2.24) is 19.7 Å². The van der Waals surface area contributed by atoms with E-state index in [0.717, 1.165) is 12.3 Å². The Bertz CT molecular complexity index is 1290. The Morgan fingerprint density at radius 1 is 1.15 bits per heavy atom. The smallest absolute Gasteiger partial charge is 0.298 e. The number of anilines is 1. The molecule has 4 rings (SSSR count). The minimum atomic E-state index is -4.50. The zero-order valence-corrected chi connectivity index (χ0v) is 18.2. The van der Waals surface area contributed by atoms with Crippen LogP contribution in [0.1, 0.15) is 41.4 Å². The van der Waals surface area contributed by atoms with E-state index >= 15 is 0 Å². The fourth-order valence-corrected chi connectivity index (χ4v) is 3.94. The summed E-state index contributed by atoms with van der Waals surface area (Å²) in [7, 11) is 0. The number of benzene rings is 1. The van der Waals surface area contributed by atoms with Crippen LogP contribution in [0.5, 0.6) is 0 Å². The Morgan fingerprint density at radius 2 is 1.94 bits per heavy atom. The second-order valence-corrected chi connectivity index (χ2v) is 8.27. The lowest BCUT2D eigenvalue weighted by molar-refractivity contribution is -0.137. The normalized spacial score (nSPS) is 11.7. The van der Waals surface area contributed by atoms with Crippen LogP contribution in [0.2, 0.25) is 0 Å². The number of aromatic nitrogens is 4. The third kappa shape index (κ3) is 4.77. The number of carbonyl (C=O) groups is 1. The monoisotopic (exact) mass is 475 g/mol. The quantitative estimate of drug-likeness (QED) is 0.364. The van der Waals surface area contributed by atoms with Gasteiger partial charge in [-0.25, -0.2) is 19.0 Å². The number of rotatable bonds is 5. The van der Waals surface area contributed by atoms with Crippen molar-refractivity contribution in [2.75, 3.05) is 5.32 Å². The van der Waals surface area contributed by atoms with Crippen molar-refractivity contribution in [3.05, 3.63) is 76.8 Å². The van der Waals surface area contributed by atoms with Crippen LogP contribution in [0, 0.1) is 5.82 Å². The van der Waals surface area contributed by atoms with Crippen LogP contribution in [0.25, 0.3) is 17.1 Å². The highest BCUT2D eigenvalue weighted by Crippen LogP contribution is 2.30. The average Bonchev–Trinajstić information content (AvgIpc) is 3.40. The molecule has 0 saturated heterocycles. The summed E-state index contributed by atoms with van der Waals surface area (Å²) in [6.45, 7) is 3.67. The molecule has 4 aromatic rings. The minimum Gasteiger partial charge on any atom is -0.298 e. The van der Waals surface area contributed by atoms with Crippen LogP contribution in [0.3, 0.4) is 0 Å². The third-order valence-corrected chi connectivity index (χ3v) is 5.49. The molecule has 11 heteroatoms. The summed E-state index contributed by atoms with van der Waals surface area (Å²) in [6, 6.07) is 8.07. The number of amides is 1. The summed E-state index contributed by atoms with van der Waals surface area (Å²) in [4.78, 5) is 21.1. The Kier molecular flexibility index (Phi) is 5.98. The summed E-state index contributed by atoms with van der Waals surface area (Å²) in [5.41, 5.74) is 0.954. The maximum Gasteiger partial charge on any atom is 0.417 e. The fraction of sp³-hybridized carbons (Fsp3) is 0.182. The van der Waals surface area contributed by atoms with Crippen molar-refractivity contribution < 1.29 is 22.4 Å². The van der Waals surface area contributed by atoms with Crippen molar-refractivity contribution in [3.8, 4) is 17.1 Å². The second kappa shape index (κ2) is 8.74. The predicted octanol–water partition coefficient (Wildman–Crippen LogP) is 5.92. The van der Waals surface area contributed by atoms with E-state index in [9.17, 15) is 22.4 Å². The molecule has 1 aromatic carbocycles. The Hall–Kier alpha value is -3.60. The van der Waals surface area contributed by atoms with Crippen molar-refractivity contribution >= 4 is 22.4 Å². The van der Waals surface area contributed by atoms with E-state index < -0.39 is 23.5 Å². The minimum absolute atomic E-state index is 0.161. The molecule has 3 heterocycles. The number of carbonyl (C=O) groups excluding carboxylic acids is 1. The van der Waals surface area contributed by atoms with Gasteiger partial charge in [-0.15, -0.1) is 11.3 Å². The molecule has 0 saturated carbocycles. The van der Waals surface area contributed by atoms with Gasteiger partial charge in [-0.3, -0.25) is 10.1 Å². The van der Waals surface area contributed by atoms with Gasteiger partial charge < -0.3 is 0 Å². The van der Waals surface area contributed by atoms with Crippen molar-refractivity contribution in [1.29, 1.82) is 0 Å². The first-order valence-corrected chi connectivity index (χ1v) is 10.7. The number of nitrogens with zero attached hydrogens (tertiary/aromatic N) is 4. The lowest BCUT2D eigenvalue weighted by Gasteiger charge is -2.13. The van der Waals surface area contributed by atoms with E-state index in [2.05, 4.69) is 20.4 Å². The summed E-state index contributed by atoms with van der Waals surface area (Å²) in [6.07, 6.45) is -2.44. The molecular formula is C22H17F4N5OS. The van der Waals surface area contributed by atoms with Crippen LogP contribution in [-0.4, -0.2) is 25.7 Å². The van der Waals surface area contributed by atoms with E-state index in [1.807, 2.05) is 13.8 Å². The van der Waals surface area contributed by atoms with E-state index in [1.165, 1.54) is 40.4 Å². The molecule has 0 fully saturated rings. The molecular weight excluding hydrogens is 458 g/mol. The number of thiazole rings is 1. The number of hydrogen-bond acceptors (Lipinski definition) is 5. The first-order valence-electron chi connectivity index (χ1n) is 9.78. The molecule has 0 unspecified atom stereocenters. The van der Waals surface area contributed by atoms with Gasteiger partial charge in [0.25, 0.3) is 5.91 Å². The first kappa shape index (κ1) is 22.6. The topological polar surface area (TPSA) is 72.7 Å². The maximum atomic E-state index is 13.5. The van der Waals surface area contributed by atoms with Crippen LogP contribution >= 0.6 is 11.3 Å². The third-order valence-electron chi connectivity index (χ3n) is 4.74. The van der Waals surface area contributed by atoms with Gasteiger partial charge in [-0.2, -0.15) is 18.3 Å². The molecule has 0 aliphatic heterocycles. The first-order chi connectivity index (χ1) is 15.6. The summed E-state index contributed by atoms with van der Waals surface area (Å²) in [5, 5.41) is 8.89. The molecule has 0 aliphatic carbocycles. The van der Waals surface area contributed by atoms with Crippen molar-refractivity contribution in [3.63, 3.8) is 0 Å². The Balaban J connectivity index is 1.60. The van der Waals surface area contributed by atoms with Crippen molar-refractivity contribution in [2.24, 2.45) is 0 Å². The second-order valence-electron chi connectivity index (χ2n) is 7.42. The van der Waals surface area contributed by atoms with Gasteiger partial charge in [0, 0.05) is 17.1 Å². The maximum absolute atomic E-state index is 13.5. The molecule has 0 bridgehead atoms. The molecule has 6 nitrogen and oxygen atoms in total. The van der Waals surface area contributed by atoms with Gasteiger partial charge in [0.2, 0.25) is 0 Å². The average molecular weight is 475 g/mol. The number of pyridine rings is 1. The highest BCUT2D eigenvalue weighted by Gasteiger charge is 2.31. The van der Waals surface area contributed by atoms with E-state index in [4.69, 9.17) is 0 Å². The SMILES string of the molecule is CC(C)c1c(C(=O)Nc2nc(-c3cccc(F)c3)cs2)cnn1-c1ccc(C(F)(F)F)cn1. The lowest BCUT2D eigenvalue weighted by Crippen LogP contribution is -2.16. The molecule has 33 heavy (non-hydrogen) atoms. The van der Waals surface area contributed by atoms with Crippen molar-refractivity contribution in [2.45, 2.75) is 25.9 Å². The van der Waals surface area contributed by atoms with Gasteiger partial charge in [0.05, 0.1) is 28.7 Å². The van der Waals surface area contributed by atoms with Gasteiger partial charge in [-0.05, 0) is 30.2 Å². The Labute approximate surface area is 189 Å². The van der Waals surface area contributed by atoms with E-state index in [0.29, 0.717) is 22.1 Å². The summed E-state index contributed by atoms with van der Waals surface area (Å²) < 4.78 is 53.3. The lowest BCUT2D eigenvalue weighted by atomic mass is 10.1. The summed E-state index contributed by atoms with van der Waals surface area (Å²) >= 11 is 1.18. The zero-order chi connectivity index (χ0) is 23.8. The van der Waals surface area contributed by atoms with E-state index in [1.54, 1.807) is 17.5 Å². The van der Waals surface area contributed by atoms with Gasteiger partial charge in [-0.1, -0.05) is 26.0 Å². The standard InChI is InChI=1S/C22H17F4N5OS/c1-12(2)19-16(10-28-31(19)18-7-6-14(9-27-18)22(24,25)26)20(32)30-21-29-17(11-33-21)13-4-3-5-15(23)8-13/h3-12H,1-2H3,(H,29,30,32).